The number of azo groups is 1. The largest absolute Gasteiger partial charge is 1.00 e. The molecule has 4 rings (SSSR count). The van der Waals surface area contributed by atoms with Gasteiger partial charge in [0, 0.05) is 27.1 Å². The number of benzene rings is 4. The molecule has 0 heterocycles. The Hall–Kier alpha value is -2.70. The van der Waals surface area contributed by atoms with E-state index in [9.17, 15) is 22.9 Å². The molecule has 39 heavy (non-hydrogen) atoms. The molecule has 0 saturated carbocycles. The summed E-state index contributed by atoms with van der Waals surface area (Å²) in [5.41, 5.74) is 0.0711. The second-order valence-corrected chi connectivity index (χ2v) is 10.3. The first-order chi connectivity index (χ1) is 18.0. The zero-order valence-corrected chi connectivity index (χ0v) is 25.4. The van der Waals surface area contributed by atoms with Crippen LogP contribution in [-0.4, -0.2) is 26.0 Å². The van der Waals surface area contributed by atoms with Gasteiger partial charge in [0.25, 0.3) is 16.0 Å². The van der Waals surface area contributed by atoms with Gasteiger partial charge in [0.1, 0.15) is 16.3 Å². The van der Waals surface area contributed by atoms with Gasteiger partial charge < -0.3 is 15.2 Å². The summed E-state index contributed by atoms with van der Waals surface area (Å²) in [6.07, 6.45) is 0.406. The van der Waals surface area contributed by atoms with Crippen LogP contribution in [0.1, 0.15) is 22.8 Å². The van der Waals surface area contributed by atoms with E-state index in [-0.39, 0.29) is 51.5 Å². The van der Waals surface area contributed by atoms with E-state index in [2.05, 4.69) is 15.5 Å². The normalized spacial score (nSPS) is 11.4. The third-order valence-corrected chi connectivity index (χ3v) is 7.15. The van der Waals surface area contributed by atoms with Crippen molar-refractivity contribution in [3.05, 3.63) is 81.8 Å². The topological polar surface area (TPSA) is 140 Å². The minimum Gasteiger partial charge on any atom is -0.870 e. The molecule has 9 nitrogen and oxygen atoms in total. The molecule has 0 fully saturated rings. The van der Waals surface area contributed by atoms with E-state index < -0.39 is 26.7 Å². The van der Waals surface area contributed by atoms with Crippen LogP contribution in [0.2, 0.25) is 10.0 Å². The van der Waals surface area contributed by atoms with Crippen LogP contribution in [0.15, 0.2) is 75.8 Å². The maximum atomic E-state index is 13.4. The van der Waals surface area contributed by atoms with Crippen LogP contribution >= 0.6 is 23.2 Å². The number of fused-ring (bicyclic) bond motifs is 1. The number of nitrogens with zero attached hydrogens (tertiary/aromatic N) is 2. The number of carbonyl (C=O) groups excluding carboxylic acids is 1. The van der Waals surface area contributed by atoms with Crippen molar-refractivity contribution in [2.75, 3.05) is 12.4 Å². The summed E-state index contributed by atoms with van der Waals surface area (Å²) in [5.74, 6) is -1.18. The maximum Gasteiger partial charge on any atom is 1.00 e. The van der Waals surface area contributed by atoms with Crippen molar-refractivity contribution in [1.82, 2.24) is 0 Å². The Labute approximate surface area is 256 Å². The number of carbonyl (C=O) groups is 1. The van der Waals surface area contributed by atoms with Crippen LogP contribution in [-0.2, 0) is 16.5 Å². The van der Waals surface area contributed by atoms with E-state index in [4.69, 9.17) is 27.9 Å². The molecule has 13 heteroatoms. The molecule has 0 atom stereocenters. The third-order valence-electron chi connectivity index (χ3n) is 5.68. The Morgan fingerprint density at radius 3 is 2.46 bits per heavy atom. The molecule has 2 N–H and O–H groups in total. The smallest absolute Gasteiger partial charge is 0.870 e. The first-order valence-electron chi connectivity index (χ1n) is 11.1. The Morgan fingerprint density at radius 2 is 1.79 bits per heavy atom. The molecule has 1 amide bonds. The number of ether oxygens (including phenoxy) is 1. The maximum absolute atomic E-state index is 13.4. The molecule has 0 spiro atoms. The summed E-state index contributed by atoms with van der Waals surface area (Å²) in [7, 11) is -3.27. The van der Waals surface area contributed by atoms with Gasteiger partial charge in [0.2, 0.25) is 0 Å². The second kappa shape index (κ2) is 12.6. The molecule has 0 aliphatic rings. The van der Waals surface area contributed by atoms with Crippen LogP contribution in [0.5, 0.6) is 11.5 Å². The van der Waals surface area contributed by atoms with Gasteiger partial charge in [-0.05, 0) is 47.7 Å². The predicted molar refractivity (Wildman–Crippen MR) is 144 cm³/mol. The molecule has 0 aliphatic carbocycles. The third kappa shape index (κ3) is 6.72. The SMILES string of the molecule is CCc1cc(S(=O)(=O)O)c(N=Nc2c([O-])c(C(=O)Nc3ccc(Cl)cc3OC)cc3ccccc23)cc1Cl.[Na+]. The van der Waals surface area contributed by atoms with E-state index in [1.807, 2.05) is 0 Å². The van der Waals surface area contributed by atoms with Gasteiger partial charge >= 0.3 is 29.6 Å². The molecule has 0 aliphatic heterocycles. The number of hydrogen-bond acceptors (Lipinski definition) is 7. The van der Waals surface area contributed by atoms with Gasteiger partial charge in [-0.1, -0.05) is 60.1 Å². The number of nitrogens with one attached hydrogen (secondary N) is 1. The average Bonchev–Trinajstić information content (AvgIpc) is 2.88. The van der Waals surface area contributed by atoms with Gasteiger partial charge in [-0.3, -0.25) is 9.35 Å². The fraction of sp³-hybridized carbons (Fsp3) is 0.115. The zero-order chi connectivity index (χ0) is 27.6. The van der Waals surface area contributed by atoms with Gasteiger partial charge in [0.05, 0.1) is 18.5 Å². The standard InChI is InChI=1S/C26H21Cl2N3O6S.Na/c1-3-14-11-23(38(34,35)36)21(13-19(14)28)30-31-24-17-7-5-4-6-15(17)10-18(25(24)32)26(33)29-20-9-8-16(27)12-22(20)37-2;/h4-13,32H,3H2,1-2H3,(H,29,33)(H,34,35,36);/q;+1/p-1. The van der Waals surface area contributed by atoms with E-state index in [1.165, 1.54) is 37.4 Å². The van der Waals surface area contributed by atoms with Crippen molar-refractivity contribution < 1.29 is 57.2 Å². The number of anilines is 1. The number of hydrogen-bond donors (Lipinski definition) is 2. The molecular weight excluding hydrogens is 576 g/mol. The summed E-state index contributed by atoms with van der Waals surface area (Å²) in [4.78, 5) is 12.6. The van der Waals surface area contributed by atoms with Crippen LogP contribution in [0.25, 0.3) is 10.8 Å². The summed E-state index contributed by atoms with van der Waals surface area (Å²) >= 11 is 12.2. The number of amides is 1. The monoisotopic (exact) mass is 595 g/mol. The fourth-order valence-corrected chi connectivity index (χ4v) is 4.89. The molecular formula is C26H20Cl2N3NaO6S. The zero-order valence-electron chi connectivity index (χ0n) is 21.0. The minimum absolute atomic E-state index is 0. The Kier molecular flexibility index (Phi) is 10.0. The van der Waals surface area contributed by atoms with Crippen molar-refractivity contribution in [2.24, 2.45) is 10.2 Å². The fourth-order valence-electron chi connectivity index (χ4n) is 3.78. The summed E-state index contributed by atoms with van der Waals surface area (Å²) in [6, 6.07) is 15.2. The van der Waals surface area contributed by atoms with Crippen molar-refractivity contribution in [2.45, 2.75) is 18.2 Å². The summed E-state index contributed by atoms with van der Waals surface area (Å²) in [6.45, 7) is 1.77. The number of aryl methyl sites for hydroxylation is 1. The van der Waals surface area contributed by atoms with Crippen molar-refractivity contribution in [3.63, 3.8) is 0 Å². The van der Waals surface area contributed by atoms with Crippen molar-refractivity contribution >= 4 is 67.1 Å². The van der Waals surface area contributed by atoms with Gasteiger partial charge in [-0.15, -0.1) is 5.11 Å². The number of rotatable bonds is 7. The van der Waals surface area contributed by atoms with Crippen LogP contribution < -0.4 is 44.7 Å². The van der Waals surface area contributed by atoms with E-state index in [0.29, 0.717) is 39.2 Å². The Balaban J connectivity index is 0.00000420. The predicted octanol–water partition coefficient (Wildman–Crippen LogP) is 3.71. The van der Waals surface area contributed by atoms with Crippen LogP contribution in [0, 0.1) is 0 Å². The second-order valence-electron chi connectivity index (χ2n) is 8.06. The van der Waals surface area contributed by atoms with E-state index in [1.54, 1.807) is 37.3 Å². The first kappa shape index (κ1) is 30.8. The molecule has 196 valence electrons. The molecule has 0 unspecified atom stereocenters. The van der Waals surface area contributed by atoms with Crippen molar-refractivity contribution in [1.29, 1.82) is 0 Å². The Bertz CT molecular complexity index is 1710. The quantitative estimate of drug-likeness (QED) is 0.189. The van der Waals surface area contributed by atoms with Gasteiger partial charge in [-0.2, -0.15) is 13.5 Å². The van der Waals surface area contributed by atoms with Crippen LogP contribution in [0.4, 0.5) is 17.1 Å². The number of halogens is 2. The average molecular weight is 596 g/mol. The van der Waals surface area contributed by atoms with Crippen molar-refractivity contribution in [3.8, 4) is 11.5 Å². The van der Waals surface area contributed by atoms with Gasteiger partial charge in [0.15, 0.2) is 0 Å². The first-order valence-corrected chi connectivity index (χ1v) is 13.3. The summed E-state index contributed by atoms with van der Waals surface area (Å²) < 4.78 is 38.9. The minimum atomic E-state index is -4.68. The van der Waals surface area contributed by atoms with E-state index in [0.717, 1.165) is 0 Å². The number of methoxy groups -OCH3 is 1. The summed E-state index contributed by atoms with van der Waals surface area (Å²) in [5, 5.41) is 25.6. The molecule has 0 bridgehead atoms. The molecule has 4 aromatic carbocycles. The van der Waals surface area contributed by atoms with E-state index >= 15 is 0 Å². The molecule has 0 saturated heterocycles. The van der Waals surface area contributed by atoms with Crippen LogP contribution in [0.3, 0.4) is 0 Å². The molecule has 0 aromatic heterocycles. The van der Waals surface area contributed by atoms with Gasteiger partial charge in [-0.25, -0.2) is 0 Å². The molecule has 0 radical (unpaired) electrons. The Morgan fingerprint density at radius 1 is 1.08 bits per heavy atom. The molecule has 4 aromatic rings.